The molecule has 0 aromatic carbocycles. The highest BCUT2D eigenvalue weighted by Crippen LogP contribution is 2.19. The van der Waals surface area contributed by atoms with E-state index in [1.54, 1.807) is 16.8 Å². The molecule has 1 aliphatic heterocycles. The average molecular weight is 315 g/mol. The summed E-state index contributed by atoms with van der Waals surface area (Å²) in [5.41, 5.74) is 0.757. The van der Waals surface area contributed by atoms with Gasteiger partial charge in [-0.25, -0.2) is 4.98 Å². The van der Waals surface area contributed by atoms with E-state index in [1.807, 2.05) is 0 Å². The highest BCUT2D eigenvalue weighted by Gasteiger charge is 2.31. The molecule has 0 spiro atoms. The predicted octanol–water partition coefficient (Wildman–Crippen LogP) is 0.597. The third-order valence-electron chi connectivity index (χ3n) is 3.64. The largest absolute Gasteiger partial charge is 0.347 e. The van der Waals surface area contributed by atoms with Crippen LogP contribution in [-0.2, 0) is 16.8 Å². The SMILES string of the molecule is CC(C)NCC1CCCCN1S(=O)(=O)NCc1cnc[nH]1. The second kappa shape index (κ2) is 7.35. The van der Waals surface area contributed by atoms with Gasteiger partial charge in [-0.05, 0) is 12.8 Å². The number of rotatable bonds is 7. The topological polar surface area (TPSA) is 90.1 Å². The van der Waals surface area contributed by atoms with Gasteiger partial charge in [-0.15, -0.1) is 0 Å². The van der Waals surface area contributed by atoms with E-state index in [1.165, 1.54) is 0 Å². The van der Waals surface area contributed by atoms with E-state index < -0.39 is 10.2 Å². The van der Waals surface area contributed by atoms with Crippen LogP contribution in [0, 0.1) is 0 Å². The van der Waals surface area contributed by atoms with E-state index in [9.17, 15) is 8.42 Å². The number of hydrogen-bond donors (Lipinski definition) is 3. The molecule has 7 nitrogen and oxygen atoms in total. The van der Waals surface area contributed by atoms with Crippen molar-refractivity contribution < 1.29 is 8.42 Å². The van der Waals surface area contributed by atoms with Gasteiger partial charge in [0.2, 0.25) is 0 Å². The summed E-state index contributed by atoms with van der Waals surface area (Å²) in [7, 11) is -3.46. The Kier molecular flexibility index (Phi) is 5.74. The van der Waals surface area contributed by atoms with Crippen LogP contribution in [0.2, 0.25) is 0 Å². The van der Waals surface area contributed by atoms with Gasteiger partial charge in [0.25, 0.3) is 10.2 Å². The Morgan fingerprint density at radius 3 is 2.95 bits per heavy atom. The van der Waals surface area contributed by atoms with Crippen molar-refractivity contribution in [3.63, 3.8) is 0 Å². The maximum atomic E-state index is 12.5. The smallest absolute Gasteiger partial charge is 0.280 e. The second-order valence-electron chi connectivity index (χ2n) is 5.73. The van der Waals surface area contributed by atoms with Crippen molar-refractivity contribution >= 4 is 10.2 Å². The van der Waals surface area contributed by atoms with Crippen LogP contribution in [0.25, 0.3) is 0 Å². The molecule has 1 unspecified atom stereocenters. The minimum Gasteiger partial charge on any atom is -0.347 e. The number of H-pyrrole nitrogens is 1. The molecule has 120 valence electrons. The van der Waals surface area contributed by atoms with Crippen LogP contribution in [-0.4, -0.2) is 47.9 Å². The highest BCUT2D eigenvalue weighted by atomic mass is 32.2. The first-order chi connectivity index (χ1) is 9.99. The molecular formula is C13H25N5O2S. The van der Waals surface area contributed by atoms with Crippen LogP contribution in [0.1, 0.15) is 38.8 Å². The molecule has 21 heavy (non-hydrogen) atoms. The highest BCUT2D eigenvalue weighted by molar-refractivity contribution is 7.87. The van der Waals surface area contributed by atoms with Crippen LogP contribution < -0.4 is 10.0 Å². The summed E-state index contributed by atoms with van der Waals surface area (Å²) in [6.07, 6.45) is 6.07. The maximum Gasteiger partial charge on any atom is 0.280 e. The molecule has 2 rings (SSSR count). The lowest BCUT2D eigenvalue weighted by atomic mass is 10.0. The quantitative estimate of drug-likeness (QED) is 0.687. The number of nitrogens with one attached hydrogen (secondary N) is 3. The van der Waals surface area contributed by atoms with Gasteiger partial charge in [-0.3, -0.25) is 0 Å². The van der Waals surface area contributed by atoms with E-state index in [-0.39, 0.29) is 12.6 Å². The fraction of sp³-hybridized carbons (Fsp3) is 0.769. The van der Waals surface area contributed by atoms with Crippen molar-refractivity contribution in [3.05, 3.63) is 18.2 Å². The second-order valence-corrected chi connectivity index (χ2v) is 7.43. The molecule has 0 bridgehead atoms. The lowest BCUT2D eigenvalue weighted by molar-refractivity contribution is 0.239. The zero-order chi connectivity index (χ0) is 15.3. The summed E-state index contributed by atoms with van der Waals surface area (Å²) < 4.78 is 29.2. The van der Waals surface area contributed by atoms with Crippen molar-refractivity contribution in [2.45, 2.75) is 51.7 Å². The summed E-state index contributed by atoms with van der Waals surface area (Å²) in [5.74, 6) is 0. The standard InChI is InChI=1S/C13H25N5O2S/c1-11(2)15-9-13-5-3-4-6-18(13)21(19,20)17-8-12-7-14-10-16-12/h7,10-11,13,15,17H,3-6,8-9H2,1-2H3,(H,14,16). The Bertz CT molecular complexity index is 515. The van der Waals surface area contributed by atoms with Crippen LogP contribution in [0.3, 0.4) is 0 Å². The van der Waals surface area contributed by atoms with E-state index >= 15 is 0 Å². The molecule has 2 heterocycles. The number of nitrogens with zero attached hydrogens (tertiary/aromatic N) is 2. The zero-order valence-corrected chi connectivity index (χ0v) is 13.5. The summed E-state index contributed by atoms with van der Waals surface area (Å²) in [5, 5.41) is 3.34. The molecule has 1 saturated heterocycles. The summed E-state index contributed by atoms with van der Waals surface area (Å²) in [4.78, 5) is 6.78. The third kappa shape index (κ3) is 4.77. The molecule has 0 aliphatic carbocycles. The molecular weight excluding hydrogens is 290 g/mol. The van der Waals surface area contributed by atoms with Crippen molar-refractivity contribution in [1.29, 1.82) is 0 Å². The Hall–Kier alpha value is -0.960. The molecule has 3 N–H and O–H groups in total. The lowest BCUT2D eigenvalue weighted by Gasteiger charge is -2.35. The Morgan fingerprint density at radius 2 is 2.29 bits per heavy atom. The Labute approximate surface area is 126 Å². The Morgan fingerprint density at radius 1 is 1.48 bits per heavy atom. The molecule has 0 saturated carbocycles. The number of aromatic amines is 1. The van der Waals surface area contributed by atoms with E-state index in [4.69, 9.17) is 0 Å². The van der Waals surface area contributed by atoms with Gasteiger partial charge in [0, 0.05) is 37.1 Å². The van der Waals surface area contributed by atoms with Crippen molar-refractivity contribution in [2.75, 3.05) is 13.1 Å². The molecule has 1 aliphatic rings. The van der Waals surface area contributed by atoms with Gasteiger partial charge in [-0.1, -0.05) is 20.3 Å². The number of hydrogen-bond acceptors (Lipinski definition) is 4. The van der Waals surface area contributed by atoms with Crippen LogP contribution in [0.15, 0.2) is 12.5 Å². The van der Waals surface area contributed by atoms with Crippen molar-refractivity contribution in [1.82, 2.24) is 24.3 Å². The first-order valence-electron chi connectivity index (χ1n) is 7.46. The monoisotopic (exact) mass is 315 g/mol. The predicted molar refractivity (Wildman–Crippen MR) is 81.8 cm³/mol. The zero-order valence-electron chi connectivity index (χ0n) is 12.7. The van der Waals surface area contributed by atoms with Crippen molar-refractivity contribution in [2.24, 2.45) is 0 Å². The molecule has 0 amide bonds. The normalized spacial score (nSPS) is 21.0. The van der Waals surface area contributed by atoms with Crippen LogP contribution >= 0.6 is 0 Å². The summed E-state index contributed by atoms with van der Waals surface area (Å²) in [6.45, 7) is 5.66. The number of imidazole rings is 1. The van der Waals surface area contributed by atoms with E-state index in [2.05, 4.69) is 33.9 Å². The van der Waals surface area contributed by atoms with Gasteiger partial charge in [0.1, 0.15) is 0 Å². The minimum atomic E-state index is -3.46. The minimum absolute atomic E-state index is 0.0282. The fourth-order valence-corrected chi connectivity index (χ4v) is 3.95. The van der Waals surface area contributed by atoms with Gasteiger partial charge in [0.05, 0.1) is 12.9 Å². The van der Waals surface area contributed by atoms with Crippen molar-refractivity contribution in [3.8, 4) is 0 Å². The molecule has 8 heteroatoms. The molecule has 1 atom stereocenters. The molecule has 1 aromatic rings. The fourth-order valence-electron chi connectivity index (χ4n) is 2.50. The molecule has 1 fully saturated rings. The first kappa shape index (κ1) is 16.4. The van der Waals surface area contributed by atoms with Gasteiger partial charge >= 0.3 is 0 Å². The maximum absolute atomic E-state index is 12.5. The van der Waals surface area contributed by atoms with Gasteiger partial charge in [-0.2, -0.15) is 17.4 Å². The number of piperidine rings is 1. The van der Waals surface area contributed by atoms with Crippen LogP contribution in [0.5, 0.6) is 0 Å². The van der Waals surface area contributed by atoms with Gasteiger partial charge < -0.3 is 10.3 Å². The van der Waals surface area contributed by atoms with Gasteiger partial charge in [0.15, 0.2) is 0 Å². The van der Waals surface area contributed by atoms with E-state index in [0.717, 1.165) is 25.0 Å². The lowest BCUT2D eigenvalue weighted by Crippen LogP contribution is -2.52. The van der Waals surface area contributed by atoms with E-state index in [0.29, 0.717) is 19.1 Å². The molecule has 0 radical (unpaired) electrons. The third-order valence-corrected chi connectivity index (χ3v) is 5.25. The summed E-state index contributed by atoms with van der Waals surface area (Å²) in [6, 6.07) is 0.384. The molecule has 1 aromatic heterocycles. The summed E-state index contributed by atoms with van der Waals surface area (Å²) >= 11 is 0. The van der Waals surface area contributed by atoms with Crippen LogP contribution in [0.4, 0.5) is 0 Å². The number of aromatic nitrogens is 2. The first-order valence-corrected chi connectivity index (χ1v) is 8.90. The average Bonchev–Trinajstić information content (AvgIpc) is 2.97. The Balaban J connectivity index is 1.97.